The van der Waals surface area contributed by atoms with Crippen molar-refractivity contribution in [3.63, 3.8) is 0 Å². The van der Waals surface area contributed by atoms with E-state index in [0.717, 1.165) is 31.5 Å². The number of furan rings is 1. The Morgan fingerprint density at radius 1 is 0.925 bits per heavy atom. The number of benzene rings is 2. The lowest BCUT2D eigenvalue weighted by Crippen LogP contribution is -2.37. The second-order valence-electron chi connectivity index (χ2n) is 10.0. The Bertz CT molecular complexity index is 1430. The van der Waals surface area contributed by atoms with E-state index < -0.39 is 5.91 Å². The summed E-state index contributed by atoms with van der Waals surface area (Å²) in [5.41, 5.74) is 5.41. The molecule has 3 aromatic rings. The molecule has 0 saturated carbocycles. The predicted molar refractivity (Wildman–Crippen MR) is 152 cm³/mol. The highest BCUT2D eigenvalue weighted by Gasteiger charge is 2.28. The molecular formula is C31H32N4O5. The lowest BCUT2D eigenvalue weighted by Gasteiger charge is -2.31. The Kier molecular flexibility index (Phi) is 8.10. The SMILES string of the molecule is Cc1ccccc1N1CCC(=Cc2ccc(C(=O)NCCN3C(=O)CCC3=O)cc2NC(=O)c2ccco2)CC1. The number of carbonyl (C=O) groups is 4. The van der Waals surface area contributed by atoms with Crippen LogP contribution in [0.5, 0.6) is 0 Å². The Labute approximate surface area is 232 Å². The van der Waals surface area contributed by atoms with E-state index in [1.807, 2.05) is 12.1 Å². The van der Waals surface area contributed by atoms with Crippen LogP contribution in [0.1, 0.15) is 57.7 Å². The Morgan fingerprint density at radius 2 is 1.68 bits per heavy atom. The molecule has 2 aliphatic heterocycles. The molecule has 2 saturated heterocycles. The number of nitrogens with zero attached hydrogens (tertiary/aromatic N) is 2. The number of piperidine rings is 1. The van der Waals surface area contributed by atoms with Crippen LogP contribution in [0.4, 0.5) is 11.4 Å². The number of rotatable bonds is 8. The molecule has 2 aromatic carbocycles. The molecule has 4 amide bonds. The fourth-order valence-corrected chi connectivity index (χ4v) is 5.10. The molecule has 0 atom stereocenters. The second kappa shape index (κ2) is 12.0. The van der Waals surface area contributed by atoms with E-state index in [9.17, 15) is 19.2 Å². The van der Waals surface area contributed by atoms with Crippen molar-refractivity contribution >= 4 is 41.1 Å². The number of hydrogen-bond acceptors (Lipinski definition) is 6. The van der Waals surface area contributed by atoms with Gasteiger partial charge in [-0.3, -0.25) is 24.1 Å². The highest BCUT2D eigenvalue weighted by molar-refractivity contribution is 6.05. The van der Waals surface area contributed by atoms with Crippen molar-refractivity contribution in [2.24, 2.45) is 0 Å². The van der Waals surface area contributed by atoms with Gasteiger partial charge in [0.1, 0.15) is 0 Å². The molecule has 9 nitrogen and oxygen atoms in total. The van der Waals surface area contributed by atoms with Gasteiger partial charge in [0.15, 0.2) is 5.76 Å². The highest BCUT2D eigenvalue weighted by Crippen LogP contribution is 2.29. The summed E-state index contributed by atoms with van der Waals surface area (Å²) in [4.78, 5) is 52.9. The third kappa shape index (κ3) is 6.14. The van der Waals surface area contributed by atoms with Crippen LogP contribution in [0.15, 0.2) is 70.9 Å². The average molecular weight is 541 g/mol. The summed E-state index contributed by atoms with van der Waals surface area (Å²) in [6.45, 7) is 4.20. The number of hydrogen-bond donors (Lipinski definition) is 2. The van der Waals surface area contributed by atoms with Crippen LogP contribution in [0.2, 0.25) is 0 Å². The summed E-state index contributed by atoms with van der Waals surface area (Å²) in [6.07, 6.45) is 5.71. The van der Waals surface area contributed by atoms with Crippen LogP contribution in [0, 0.1) is 6.92 Å². The molecule has 2 aliphatic rings. The molecule has 0 spiro atoms. The average Bonchev–Trinajstić information content (AvgIpc) is 3.61. The fourth-order valence-electron chi connectivity index (χ4n) is 5.10. The van der Waals surface area contributed by atoms with Gasteiger partial charge in [-0.2, -0.15) is 0 Å². The van der Waals surface area contributed by atoms with Crippen LogP contribution in [0.3, 0.4) is 0 Å². The molecule has 206 valence electrons. The maximum absolute atomic E-state index is 12.9. The molecule has 5 rings (SSSR count). The normalized spacial score (nSPS) is 15.4. The zero-order chi connectivity index (χ0) is 28.1. The lowest BCUT2D eigenvalue weighted by atomic mass is 9.98. The molecule has 1 aromatic heterocycles. The van der Waals surface area contributed by atoms with Gasteiger partial charge in [-0.15, -0.1) is 0 Å². The van der Waals surface area contributed by atoms with E-state index in [-0.39, 0.29) is 49.4 Å². The molecule has 3 heterocycles. The van der Waals surface area contributed by atoms with Crippen molar-refractivity contribution in [1.29, 1.82) is 0 Å². The van der Waals surface area contributed by atoms with Crippen molar-refractivity contribution in [2.45, 2.75) is 32.6 Å². The van der Waals surface area contributed by atoms with Crippen LogP contribution in [-0.4, -0.2) is 54.7 Å². The van der Waals surface area contributed by atoms with E-state index in [2.05, 4.69) is 46.7 Å². The largest absolute Gasteiger partial charge is 0.459 e. The maximum atomic E-state index is 12.9. The number of imide groups is 1. The molecule has 2 N–H and O–H groups in total. The van der Waals surface area contributed by atoms with Gasteiger partial charge in [-0.05, 0) is 61.2 Å². The quantitative estimate of drug-likeness (QED) is 0.410. The number of anilines is 2. The van der Waals surface area contributed by atoms with Gasteiger partial charge in [0, 0.05) is 56.0 Å². The van der Waals surface area contributed by atoms with Gasteiger partial charge in [-0.25, -0.2) is 0 Å². The first-order valence-electron chi connectivity index (χ1n) is 13.5. The van der Waals surface area contributed by atoms with Gasteiger partial charge in [-0.1, -0.05) is 35.9 Å². The molecule has 0 aliphatic carbocycles. The van der Waals surface area contributed by atoms with Crippen molar-refractivity contribution in [3.05, 3.63) is 88.9 Å². The van der Waals surface area contributed by atoms with E-state index in [0.29, 0.717) is 11.3 Å². The maximum Gasteiger partial charge on any atom is 0.291 e. The lowest BCUT2D eigenvalue weighted by molar-refractivity contribution is -0.138. The number of amides is 4. The smallest absolute Gasteiger partial charge is 0.291 e. The summed E-state index contributed by atoms with van der Waals surface area (Å²) >= 11 is 0. The van der Waals surface area contributed by atoms with Gasteiger partial charge in [0.05, 0.1) is 6.26 Å². The third-order valence-electron chi connectivity index (χ3n) is 7.31. The fraction of sp³-hybridized carbons (Fsp3) is 0.290. The number of likely N-dealkylation sites (tertiary alicyclic amines) is 1. The topological polar surface area (TPSA) is 112 Å². The Morgan fingerprint density at radius 3 is 2.38 bits per heavy atom. The van der Waals surface area contributed by atoms with Crippen LogP contribution in [-0.2, 0) is 9.59 Å². The first kappa shape index (κ1) is 26.9. The predicted octanol–water partition coefficient (Wildman–Crippen LogP) is 4.40. The monoisotopic (exact) mass is 540 g/mol. The summed E-state index contributed by atoms with van der Waals surface area (Å²) < 4.78 is 5.25. The van der Waals surface area contributed by atoms with Gasteiger partial charge in [0.2, 0.25) is 11.8 Å². The molecule has 2 fully saturated rings. The number of nitrogens with one attached hydrogen (secondary N) is 2. The molecule has 9 heteroatoms. The molecule has 0 unspecified atom stereocenters. The molecule has 40 heavy (non-hydrogen) atoms. The van der Waals surface area contributed by atoms with Gasteiger partial charge < -0.3 is 20.0 Å². The zero-order valence-electron chi connectivity index (χ0n) is 22.4. The van der Waals surface area contributed by atoms with Crippen LogP contribution < -0.4 is 15.5 Å². The van der Waals surface area contributed by atoms with Crippen molar-refractivity contribution < 1.29 is 23.6 Å². The number of para-hydroxylation sites is 1. The minimum absolute atomic E-state index is 0.134. The van der Waals surface area contributed by atoms with E-state index >= 15 is 0 Å². The minimum Gasteiger partial charge on any atom is -0.459 e. The van der Waals surface area contributed by atoms with Crippen LogP contribution in [0.25, 0.3) is 6.08 Å². The number of aryl methyl sites for hydroxylation is 1. The third-order valence-corrected chi connectivity index (χ3v) is 7.31. The Balaban J connectivity index is 1.30. The van der Waals surface area contributed by atoms with Gasteiger partial charge >= 0.3 is 0 Å². The second-order valence-corrected chi connectivity index (χ2v) is 10.0. The van der Waals surface area contributed by atoms with Crippen molar-refractivity contribution in [2.75, 3.05) is 36.4 Å². The minimum atomic E-state index is -0.414. The zero-order valence-corrected chi connectivity index (χ0v) is 22.4. The summed E-state index contributed by atoms with van der Waals surface area (Å²) in [6, 6.07) is 16.8. The first-order chi connectivity index (χ1) is 19.4. The summed E-state index contributed by atoms with van der Waals surface area (Å²) in [5, 5.41) is 5.65. The summed E-state index contributed by atoms with van der Waals surface area (Å²) in [5.74, 6) is -1.05. The van der Waals surface area contributed by atoms with E-state index in [1.54, 1.807) is 24.3 Å². The van der Waals surface area contributed by atoms with E-state index in [4.69, 9.17) is 4.42 Å². The van der Waals surface area contributed by atoms with Crippen molar-refractivity contribution in [1.82, 2.24) is 10.2 Å². The number of carbonyl (C=O) groups excluding carboxylic acids is 4. The molecule has 0 bridgehead atoms. The molecule has 0 radical (unpaired) electrons. The van der Waals surface area contributed by atoms with E-state index in [1.165, 1.54) is 28.0 Å². The van der Waals surface area contributed by atoms with Gasteiger partial charge in [0.25, 0.3) is 11.8 Å². The van der Waals surface area contributed by atoms with Crippen molar-refractivity contribution in [3.8, 4) is 0 Å². The standard InChI is InChI=1S/C31H32N4O5/c1-21-5-2-3-6-26(21)34-15-12-22(13-16-34)19-23-8-9-24(20-25(23)33-31(39)27-7-4-18-40-27)30(38)32-14-17-35-28(36)10-11-29(35)37/h2-9,18-20H,10-17H2,1H3,(H,32,38)(H,33,39). The highest BCUT2D eigenvalue weighted by atomic mass is 16.3. The summed E-state index contributed by atoms with van der Waals surface area (Å²) in [7, 11) is 0. The van der Waals surface area contributed by atoms with Crippen LogP contribution >= 0.6 is 0 Å². The molecular weight excluding hydrogens is 508 g/mol. The Hall–Kier alpha value is -4.66. The first-order valence-corrected chi connectivity index (χ1v) is 13.5.